The van der Waals surface area contributed by atoms with E-state index in [2.05, 4.69) is 23.6 Å². The van der Waals surface area contributed by atoms with Crippen LogP contribution in [-0.2, 0) is 4.79 Å². The van der Waals surface area contributed by atoms with E-state index in [4.69, 9.17) is 5.73 Å². The summed E-state index contributed by atoms with van der Waals surface area (Å²) in [5.74, 6) is 0.626. The van der Waals surface area contributed by atoms with Crippen LogP contribution in [0.2, 0.25) is 0 Å². The third-order valence-corrected chi connectivity index (χ3v) is 3.88. The Hall–Kier alpha value is -0.610. The summed E-state index contributed by atoms with van der Waals surface area (Å²) < 4.78 is 0. The molecule has 0 unspecified atom stereocenters. The Bertz CT molecular complexity index is 273. The van der Waals surface area contributed by atoms with Gasteiger partial charge in [0.15, 0.2) is 0 Å². The molecule has 1 amide bonds. The van der Waals surface area contributed by atoms with Crippen LogP contribution in [0, 0.1) is 5.92 Å². The van der Waals surface area contributed by atoms with Gasteiger partial charge in [0.2, 0.25) is 5.91 Å². The van der Waals surface area contributed by atoms with Gasteiger partial charge in [-0.25, -0.2) is 0 Å². The first kappa shape index (κ1) is 16.4. The summed E-state index contributed by atoms with van der Waals surface area (Å²) in [7, 11) is 4.09. The van der Waals surface area contributed by atoms with Crippen molar-refractivity contribution in [3.63, 3.8) is 0 Å². The standard InChI is InChI=1S/C15H31N3O/c1-12(2)11-14(16)15(19)18(10-9-17(3)4)13-7-5-6-8-13/h12-14H,5-11,16H2,1-4H3/t14-/m1/s1. The average Bonchev–Trinajstić information content (AvgIpc) is 2.81. The van der Waals surface area contributed by atoms with Crippen molar-refractivity contribution in [2.24, 2.45) is 11.7 Å². The van der Waals surface area contributed by atoms with Gasteiger partial charge in [0.25, 0.3) is 0 Å². The summed E-state index contributed by atoms with van der Waals surface area (Å²) in [5.41, 5.74) is 6.09. The third kappa shape index (κ3) is 5.49. The predicted molar refractivity (Wildman–Crippen MR) is 80.0 cm³/mol. The van der Waals surface area contributed by atoms with E-state index in [1.54, 1.807) is 0 Å². The second-order valence-corrected chi connectivity index (χ2v) is 6.51. The maximum absolute atomic E-state index is 12.6. The fourth-order valence-corrected chi connectivity index (χ4v) is 2.82. The molecule has 2 N–H and O–H groups in total. The fraction of sp³-hybridized carbons (Fsp3) is 0.933. The number of nitrogens with two attached hydrogens (primary N) is 1. The molecule has 1 rings (SSSR count). The smallest absolute Gasteiger partial charge is 0.239 e. The molecule has 0 aromatic rings. The maximum Gasteiger partial charge on any atom is 0.239 e. The molecular weight excluding hydrogens is 238 g/mol. The van der Waals surface area contributed by atoms with E-state index >= 15 is 0 Å². The molecule has 0 aromatic heterocycles. The minimum atomic E-state index is -0.331. The molecule has 0 aromatic carbocycles. The van der Waals surface area contributed by atoms with Crippen molar-refractivity contribution in [2.75, 3.05) is 27.2 Å². The number of likely N-dealkylation sites (N-methyl/N-ethyl adjacent to an activating group) is 1. The molecule has 19 heavy (non-hydrogen) atoms. The highest BCUT2D eigenvalue weighted by atomic mass is 16.2. The highest BCUT2D eigenvalue weighted by Gasteiger charge is 2.29. The molecule has 1 saturated carbocycles. The molecular formula is C15H31N3O. The second-order valence-electron chi connectivity index (χ2n) is 6.51. The van der Waals surface area contributed by atoms with Crippen molar-refractivity contribution < 1.29 is 4.79 Å². The quantitative estimate of drug-likeness (QED) is 0.765. The summed E-state index contributed by atoms with van der Waals surface area (Å²) in [6.07, 6.45) is 5.57. The molecule has 112 valence electrons. The van der Waals surface area contributed by atoms with E-state index in [9.17, 15) is 4.79 Å². The van der Waals surface area contributed by atoms with E-state index in [1.165, 1.54) is 12.8 Å². The summed E-state index contributed by atoms with van der Waals surface area (Å²) in [5, 5.41) is 0. The normalized spacial score (nSPS) is 18.3. The van der Waals surface area contributed by atoms with Gasteiger partial charge in [0.05, 0.1) is 6.04 Å². The van der Waals surface area contributed by atoms with Gasteiger partial charge in [0, 0.05) is 19.1 Å². The molecule has 0 aliphatic heterocycles. The number of rotatable bonds is 7. The van der Waals surface area contributed by atoms with Crippen LogP contribution in [0.15, 0.2) is 0 Å². The lowest BCUT2D eigenvalue weighted by atomic mass is 10.0. The van der Waals surface area contributed by atoms with Crippen LogP contribution in [-0.4, -0.2) is 55.0 Å². The lowest BCUT2D eigenvalue weighted by Crippen LogP contribution is -2.50. The Kier molecular flexibility index (Phi) is 6.80. The first-order valence-corrected chi connectivity index (χ1v) is 7.62. The van der Waals surface area contributed by atoms with Crippen molar-refractivity contribution >= 4 is 5.91 Å². The SMILES string of the molecule is CC(C)C[C@@H](N)C(=O)N(CCN(C)C)C1CCCC1. The molecule has 0 heterocycles. The molecule has 1 aliphatic rings. The van der Waals surface area contributed by atoms with Gasteiger partial charge in [-0.3, -0.25) is 4.79 Å². The van der Waals surface area contributed by atoms with E-state index in [0.717, 1.165) is 32.4 Å². The van der Waals surface area contributed by atoms with Crippen LogP contribution < -0.4 is 5.73 Å². The third-order valence-electron chi connectivity index (χ3n) is 3.88. The Balaban J connectivity index is 2.62. The monoisotopic (exact) mass is 269 g/mol. The van der Waals surface area contributed by atoms with Crippen LogP contribution in [0.25, 0.3) is 0 Å². The van der Waals surface area contributed by atoms with Gasteiger partial charge in [-0.1, -0.05) is 26.7 Å². The fourth-order valence-electron chi connectivity index (χ4n) is 2.82. The highest BCUT2D eigenvalue weighted by molar-refractivity contribution is 5.82. The van der Waals surface area contributed by atoms with Crippen LogP contribution in [0.3, 0.4) is 0 Å². The largest absolute Gasteiger partial charge is 0.337 e. The maximum atomic E-state index is 12.6. The van der Waals surface area contributed by atoms with Gasteiger partial charge < -0.3 is 15.5 Å². The minimum absolute atomic E-state index is 0.155. The molecule has 0 saturated heterocycles. The minimum Gasteiger partial charge on any atom is -0.337 e. The van der Waals surface area contributed by atoms with Crippen molar-refractivity contribution in [3.05, 3.63) is 0 Å². The number of hydrogen-bond acceptors (Lipinski definition) is 3. The van der Waals surface area contributed by atoms with Crippen LogP contribution >= 0.6 is 0 Å². The van der Waals surface area contributed by atoms with Crippen LogP contribution in [0.5, 0.6) is 0 Å². The van der Waals surface area contributed by atoms with Crippen LogP contribution in [0.4, 0.5) is 0 Å². The average molecular weight is 269 g/mol. The van der Waals surface area contributed by atoms with Crippen molar-refractivity contribution in [1.29, 1.82) is 0 Å². The number of carbonyl (C=O) groups is 1. The Morgan fingerprint density at radius 3 is 2.26 bits per heavy atom. The first-order chi connectivity index (χ1) is 8.91. The van der Waals surface area contributed by atoms with Gasteiger partial charge in [0.1, 0.15) is 0 Å². The molecule has 1 atom stereocenters. The topological polar surface area (TPSA) is 49.6 Å². The van der Waals surface area contributed by atoms with Crippen molar-refractivity contribution in [3.8, 4) is 0 Å². The summed E-state index contributed by atoms with van der Waals surface area (Å²) in [6, 6.07) is 0.0911. The Morgan fingerprint density at radius 2 is 1.79 bits per heavy atom. The van der Waals surface area contributed by atoms with E-state index in [0.29, 0.717) is 12.0 Å². The molecule has 1 aliphatic carbocycles. The van der Waals surface area contributed by atoms with Gasteiger partial charge in [-0.2, -0.15) is 0 Å². The summed E-state index contributed by atoms with van der Waals surface area (Å²) in [6.45, 7) is 5.96. The number of carbonyl (C=O) groups excluding carboxylic acids is 1. The van der Waals surface area contributed by atoms with Crippen molar-refractivity contribution in [2.45, 2.75) is 58.0 Å². The zero-order chi connectivity index (χ0) is 14.4. The van der Waals surface area contributed by atoms with Gasteiger partial charge in [-0.15, -0.1) is 0 Å². The predicted octanol–water partition coefficient (Wildman–Crippen LogP) is 1.69. The molecule has 1 fully saturated rings. The summed E-state index contributed by atoms with van der Waals surface area (Å²) >= 11 is 0. The van der Waals surface area contributed by atoms with E-state index < -0.39 is 0 Å². The number of amides is 1. The van der Waals surface area contributed by atoms with E-state index in [-0.39, 0.29) is 11.9 Å². The Labute approximate surface area is 118 Å². The van der Waals surface area contributed by atoms with Crippen molar-refractivity contribution in [1.82, 2.24) is 9.80 Å². The lowest BCUT2D eigenvalue weighted by molar-refractivity contribution is -0.135. The number of nitrogens with zero attached hydrogens (tertiary/aromatic N) is 2. The molecule has 0 bridgehead atoms. The first-order valence-electron chi connectivity index (χ1n) is 7.62. The van der Waals surface area contributed by atoms with Gasteiger partial charge in [-0.05, 0) is 39.3 Å². The zero-order valence-corrected chi connectivity index (χ0v) is 13.1. The lowest BCUT2D eigenvalue weighted by Gasteiger charge is -2.32. The Morgan fingerprint density at radius 1 is 1.21 bits per heavy atom. The zero-order valence-electron chi connectivity index (χ0n) is 13.1. The number of hydrogen-bond donors (Lipinski definition) is 1. The molecule has 4 heteroatoms. The summed E-state index contributed by atoms with van der Waals surface area (Å²) in [4.78, 5) is 16.7. The highest BCUT2D eigenvalue weighted by Crippen LogP contribution is 2.24. The molecule has 0 spiro atoms. The van der Waals surface area contributed by atoms with Gasteiger partial charge >= 0.3 is 0 Å². The van der Waals surface area contributed by atoms with Crippen LogP contribution in [0.1, 0.15) is 46.0 Å². The molecule has 4 nitrogen and oxygen atoms in total. The molecule has 0 radical (unpaired) electrons. The second kappa shape index (κ2) is 7.85. The van der Waals surface area contributed by atoms with E-state index in [1.807, 2.05) is 14.1 Å².